The van der Waals surface area contributed by atoms with E-state index in [4.69, 9.17) is 5.11 Å². The van der Waals surface area contributed by atoms with Crippen LogP contribution in [0.2, 0.25) is 0 Å². The predicted octanol–water partition coefficient (Wildman–Crippen LogP) is 1.83. The fraction of sp³-hybridized carbons (Fsp3) is 0.222. The van der Waals surface area contributed by atoms with Gasteiger partial charge in [0.25, 0.3) is 0 Å². The number of carboxylic acid groups (broad SMARTS) is 1. The van der Waals surface area contributed by atoms with Gasteiger partial charge in [-0.25, -0.2) is 13.9 Å². The average Bonchev–Trinajstić information content (AvgIpc) is 2.60. The molecule has 0 saturated carbocycles. The van der Waals surface area contributed by atoms with Crippen LogP contribution < -0.4 is 0 Å². The first-order valence-electron chi connectivity index (χ1n) is 4.61. The molecule has 0 aliphatic carbocycles. The Labute approximate surface area is 96.6 Å². The van der Waals surface area contributed by atoms with Crippen LogP contribution in [0.1, 0.15) is 10.4 Å². The molecular formula is C9H5F4N3O2. The lowest BCUT2D eigenvalue weighted by molar-refractivity contribution is -0.142. The molecule has 1 N–H and O–H groups in total. The Balaban J connectivity index is 2.56. The van der Waals surface area contributed by atoms with Gasteiger partial charge in [-0.05, 0) is 12.1 Å². The molecular weight excluding hydrogens is 258 g/mol. The fourth-order valence-corrected chi connectivity index (χ4v) is 1.46. The topological polar surface area (TPSA) is 68.0 Å². The highest BCUT2D eigenvalue weighted by Gasteiger charge is 2.30. The van der Waals surface area contributed by atoms with Crippen molar-refractivity contribution >= 4 is 17.0 Å². The van der Waals surface area contributed by atoms with Crippen LogP contribution >= 0.6 is 0 Å². The summed E-state index contributed by atoms with van der Waals surface area (Å²) >= 11 is 0. The van der Waals surface area contributed by atoms with Crippen LogP contribution in [0.5, 0.6) is 0 Å². The molecule has 0 saturated heterocycles. The lowest BCUT2D eigenvalue weighted by Gasteiger charge is -2.06. The van der Waals surface area contributed by atoms with E-state index >= 15 is 0 Å². The molecule has 0 bridgehead atoms. The SMILES string of the molecule is O=C(O)c1ccc2c(nnn2CC(F)(F)F)c1F. The third kappa shape index (κ3) is 2.11. The summed E-state index contributed by atoms with van der Waals surface area (Å²) in [6.45, 7) is -1.42. The normalized spacial score (nSPS) is 12.0. The van der Waals surface area contributed by atoms with Crippen LogP contribution in [0.3, 0.4) is 0 Å². The second-order valence-electron chi connectivity index (χ2n) is 3.46. The van der Waals surface area contributed by atoms with Gasteiger partial charge in [0.15, 0.2) is 5.82 Å². The number of carboxylic acids is 1. The van der Waals surface area contributed by atoms with E-state index in [0.29, 0.717) is 4.68 Å². The Morgan fingerprint density at radius 3 is 2.61 bits per heavy atom. The Bertz CT molecular complexity index is 620. The van der Waals surface area contributed by atoms with E-state index in [2.05, 4.69) is 10.3 Å². The zero-order valence-electron chi connectivity index (χ0n) is 8.57. The van der Waals surface area contributed by atoms with Gasteiger partial charge < -0.3 is 5.11 Å². The van der Waals surface area contributed by atoms with Crippen molar-refractivity contribution in [2.24, 2.45) is 0 Å². The van der Waals surface area contributed by atoms with E-state index in [9.17, 15) is 22.4 Å². The predicted molar refractivity (Wildman–Crippen MR) is 50.5 cm³/mol. The monoisotopic (exact) mass is 263 g/mol. The summed E-state index contributed by atoms with van der Waals surface area (Å²) in [5.41, 5.74) is -1.38. The van der Waals surface area contributed by atoms with Crippen molar-refractivity contribution < 1.29 is 27.5 Å². The standard InChI is InChI=1S/C9H5F4N3O2/c10-6-4(8(17)18)1-2-5-7(6)14-15-16(5)3-9(11,12)13/h1-2H,3H2,(H,17,18). The van der Waals surface area contributed by atoms with Crippen LogP contribution in [0.25, 0.3) is 11.0 Å². The van der Waals surface area contributed by atoms with Gasteiger partial charge in [-0.1, -0.05) is 5.21 Å². The van der Waals surface area contributed by atoms with Gasteiger partial charge in [0.05, 0.1) is 11.1 Å². The van der Waals surface area contributed by atoms with Gasteiger partial charge >= 0.3 is 12.1 Å². The lowest BCUT2D eigenvalue weighted by atomic mass is 10.2. The largest absolute Gasteiger partial charge is 0.478 e. The Kier molecular flexibility index (Phi) is 2.68. The smallest absolute Gasteiger partial charge is 0.408 e. The van der Waals surface area contributed by atoms with Crippen LogP contribution in [-0.4, -0.2) is 32.2 Å². The molecule has 2 aromatic rings. The highest BCUT2D eigenvalue weighted by atomic mass is 19.4. The number of hydrogen-bond acceptors (Lipinski definition) is 3. The number of nitrogens with zero attached hydrogens (tertiary/aromatic N) is 3. The molecule has 0 aliphatic heterocycles. The molecule has 0 aliphatic rings. The second-order valence-corrected chi connectivity index (χ2v) is 3.46. The number of aromatic nitrogens is 3. The van der Waals surface area contributed by atoms with E-state index in [1.165, 1.54) is 0 Å². The van der Waals surface area contributed by atoms with Crippen LogP contribution in [0, 0.1) is 5.82 Å². The molecule has 0 spiro atoms. The summed E-state index contributed by atoms with van der Waals surface area (Å²) in [6, 6.07) is 1.91. The van der Waals surface area contributed by atoms with Gasteiger partial charge in [-0.2, -0.15) is 13.2 Å². The maximum absolute atomic E-state index is 13.6. The first-order chi connectivity index (χ1) is 8.29. The molecule has 1 aromatic carbocycles. The zero-order chi connectivity index (χ0) is 13.5. The first kappa shape index (κ1) is 12.3. The van der Waals surface area contributed by atoms with Crippen molar-refractivity contribution in [2.45, 2.75) is 12.7 Å². The molecule has 5 nitrogen and oxygen atoms in total. The molecule has 1 aromatic heterocycles. The van der Waals surface area contributed by atoms with Gasteiger partial charge in [-0.15, -0.1) is 5.10 Å². The maximum atomic E-state index is 13.6. The molecule has 9 heteroatoms. The number of hydrogen-bond donors (Lipinski definition) is 1. The van der Waals surface area contributed by atoms with Gasteiger partial charge in [-0.3, -0.25) is 0 Å². The summed E-state index contributed by atoms with van der Waals surface area (Å²) in [5.74, 6) is -2.73. The number of rotatable bonds is 2. The molecule has 0 amide bonds. The second kappa shape index (κ2) is 3.93. The Morgan fingerprint density at radius 2 is 2.06 bits per heavy atom. The third-order valence-corrected chi connectivity index (χ3v) is 2.19. The van der Waals surface area contributed by atoms with Crippen LogP contribution in [0.4, 0.5) is 17.6 Å². The molecule has 0 unspecified atom stereocenters. The number of alkyl halides is 3. The van der Waals surface area contributed by atoms with Crippen molar-refractivity contribution in [2.75, 3.05) is 0 Å². The molecule has 1 heterocycles. The molecule has 2 rings (SSSR count). The minimum atomic E-state index is -4.53. The maximum Gasteiger partial charge on any atom is 0.408 e. The third-order valence-electron chi connectivity index (χ3n) is 2.19. The van der Waals surface area contributed by atoms with Crippen LogP contribution in [0.15, 0.2) is 12.1 Å². The zero-order valence-corrected chi connectivity index (χ0v) is 8.57. The number of carbonyl (C=O) groups is 1. The van der Waals surface area contributed by atoms with Crippen LogP contribution in [-0.2, 0) is 6.54 Å². The number of halogens is 4. The van der Waals surface area contributed by atoms with Gasteiger partial charge in [0, 0.05) is 0 Å². The molecule has 0 radical (unpaired) electrons. The lowest BCUT2D eigenvalue weighted by Crippen LogP contribution is -2.18. The van der Waals surface area contributed by atoms with Gasteiger partial charge in [0.2, 0.25) is 0 Å². The minimum absolute atomic E-state index is 0.213. The number of fused-ring (bicyclic) bond motifs is 1. The van der Waals surface area contributed by atoms with Crippen molar-refractivity contribution in [1.29, 1.82) is 0 Å². The minimum Gasteiger partial charge on any atom is -0.478 e. The van der Waals surface area contributed by atoms with Crippen molar-refractivity contribution in [3.05, 3.63) is 23.5 Å². The highest BCUT2D eigenvalue weighted by Crippen LogP contribution is 2.23. The molecule has 96 valence electrons. The number of benzene rings is 1. The average molecular weight is 263 g/mol. The summed E-state index contributed by atoms with van der Waals surface area (Å²) in [5, 5.41) is 15.0. The van der Waals surface area contributed by atoms with Gasteiger partial charge in [0.1, 0.15) is 12.1 Å². The van der Waals surface area contributed by atoms with E-state index in [0.717, 1.165) is 12.1 Å². The fourth-order valence-electron chi connectivity index (χ4n) is 1.46. The Hall–Kier alpha value is -2.19. The summed E-state index contributed by atoms with van der Waals surface area (Å²) < 4.78 is 50.6. The molecule has 0 fully saturated rings. The van der Waals surface area contributed by atoms with Crippen molar-refractivity contribution in [3.63, 3.8) is 0 Å². The quantitative estimate of drug-likeness (QED) is 0.839. The van der Waals surface area contributed by atoms with Crippen molar-refractivity contribution in [3.8, 4) is 0 Å². The first-order valence-corrected chi connectivity index (χ1v) is 4.61. The highest BCUT2D eigenvalue weighted by molar-refractivity contribution is 5.92. The van der Waals surface area contributed by atoms with E-state index in [1.807, 2.05) is 0 Å². The van der Waals surface area contributed by atoms with E-state index in [1.54, 1.807) is 0 Å². The summed E-state index contributed by atoms with van der Waals surface area (Å²) in [7, 11) is 0. The number of aromatic carboxylic acids is 1. The molecule has 0 atom stereocenters. The summed E-state index contributed by atoms with van der Waals surface area (Å²) in [4.78, 5) is 10.6. The van der Waals surface area contributed by atoms with E-state index in [-0.39, 0.29) is 5.52 Å². The molecule has 18 heavy (non-hydrogen) atoms. The summed E-state index contributed by atoms with van der Waals surface area (Å²) in [6.07, 6.45) is -4.53. The Morgan fingerprint density at radius 1 is 1.39 bits per heavy atom. The van der Waals surface area contributed by atoms with E-state index < -0.39 is 35.6 Å². The van der Waals surface area contributed by atoms with Crippen molar-refractivity contribution in [1.82, 2.24) is 15.0 Å².